The van der Waals surface area contributed by atoms with Crippen molar-refractivity contribution in [2.45, 2.75) is 73.9 Å². The van der Waals surface area contributed by atoms with E-state index in [9.17, 15) is 67.5 Å². The number of aromatic nitrogens is 12. The van der Waals surface area contributed by atoms with Crippen LogP contribution in [-0.4, -0.2) is 177 Å². The van der Waals surface area contributed by atoms with Crippen molar-refractivity contribution in [1.82, 2.24) is 53.6 Å². The average Bonchev–Trinajstić information content (AvgIpc) is 3.39. The highest BCUT2D eigenvalue weighted by molar-refractivity contribution is 7.66. The van der Waals surface area contributed by atoms with Crippen LogP contribution in [0.5, 0.6) is 0 Å². The fraction of sp³-hybridized carbons (Fsp3) is 0.541. The number of ether oxygens (including phenoxy) is 5. The molecule has 9 heterocycles. The van der Waals surface area contributed by atoms with Gasteiger partial charge < -0.3 is 75.8 Å². The van der Waals surface area contributed by atoms with Crippen LogP contribution in [0.25, 0.3) is 33.5 Å². The van der Waals surface area contributed by atoms with Crippen molar-refractivity contribution in [1.29, 1.82) is 0 Å². The number of hydrogen-bond donors (Lipinski definition) is 13. The predicted octanol–water partition coefficient (Wildman–Crippen LogP) is -3.57. The number of aliphatic hydroxyl groups is 3. The van der Waals surface area contributed by atoms with E-state index in [1.807, 2.05) is 0 Å². The average molecular weight is 1230 g/mol. The quantitative estimate of drug-likeness (QED) is 0.0121. The van der Waals surface area contributed by atoms with Crippen LogP contribution in [-0.2, 0) is 75.7 Å². The fourth-order valence-electron chi connectivity index (χ4n) is 9.19. The molecular formula is C37H52N15O25P4+. The first kappa shape index (κ1) is 60.0. The van der Waals surface area contributed by atoms with E-state index in [-0.39, 0.29) is 65.0 Å². The van der Waals surface area contributed by atoms with Crippen LogP contribution in [0.2, 0.25) is 0 Å². The van der Waals surface area contributed by atoms with Crippen molar-refractivity contribution in [2.75, 3.05) is 57.3 Å². The number of phosphoric ester groups is 3. The summed E-state index contributed by atoms with van der Waals surface area (Å²) in [7, 11) is -21.0. The number of imidazole rings is 3. The summed E-state index contributed by atoms with van der Waals surface area (Å²) in [6.07, 6.45) is -13.1. The topological polar surface area (TPSA) is 571 Å². The maximum Gasteiger partial charge on any atom is 0.490 e. The van der Waals surface area contributed by atoms with Crippen molar-refractivity contribution in [3.05, 3.63) is 62.7 Å². The SMILES string of the molecule is C=CCOCC[C@@H]1[C@@H](COP(=O)(O)OP(=O)(O)OP(=O)(O)OC[C@H]2O[C@@H](n3cnc4c(=O)[nH]c(N)nc43)[C@H](OC)[C@@H]2OP(=O)(O)OC[C@H]2O[C@@H](n3cnc4c(=O)[nH]c(N)nc43)[C@H](O)[C@@H]2O)OC(n2c[n+](C)c3c(=O)[nH]c(N)nc32)[C@@H]1O. The number of H-pyrrole nitrogens is 3. The number of phosphoric acid groups is 4. The lowest BCUT2D eigenvalue weighted by Gasteiger charge is -2.26. The van der Waals surface area contributed by atoms with E-state index in [4.69, 9.17) is 59.0 Å². The molecule has 6 aromatic heterocycles. The summed E-state index contributed by atoms with van der Waals surface area (Å²) in [4.78, 5) is 108. The van der Waals surface area contributed by atoms with Crippen LogP contribution in [0.15, 0.2) is 46.0 Å². The second-order valence-electron chi connectivity index (χ2n) is 18.0. The van der Waals surface area contributed by atoms with Crippen molar-refractivity contribution < 1.29 is 108 Å². The van der Waals surface area contributed by atoms with Gasteiger partial charge in [0.25, 0.3) is 22.3 Å². The summed E-state index contributed by atoms with van der Waals surface area (Å²) < 4.78 is 116. The smallest absolute Gasteiger partial charge is 0.387 e. The van der Waals surface area contributed by atoms with Gasteiger partial charge >= 0.3 is 36.9 Å². The number of nitrogen functional groups attached to an aromatic ring is 3. The number of aromatic amines is 3. The molecule has 0 spiro atoms. The largest absolute Gasteiger partial charge is 0.490 e. The molecule has 0 saturated carbocycles. The first-order chi connectivity index (χ1) is 38.1. The number of nitrogens with one attached hydrogen (secondary N) is 3. The van der Waals surface area contributed by atoms with E-state index in [0.717, 1.165) is 28.9 Å². The molecule has 0 aromatic carbocycles. The minimum Gasteiger partial charge on any atom is -0.387 e. The molecule has 81 heavy (non-hydrogen) atoms. The Morgan fingerprint density at radius 2 is 1.16 bits per heavy atom. The molecular weight excluding hydrogens is 1180 g/mol. The summed E-state index contributed by atoms with van der Waals surface area (Å²) in [6.45, 7) is 0.353. The monoisotopic (exact) mass is 1230 g/mol. The molecule has 0 bridgehead atoms. The fourth-order valence-corrected chi connectivity index (χ4v) is 13.7. The lowest BCUT2D eigenvalue weighted by molar-refractivity contribution is -0.646. The van der Waals surface area contributed by atoms with E-state index in [1.54, 1.807) is 0 Å². The van der Waals surface area contributed by atoms with Crippen molar-refractivity contribution >= 4 is 82.6 Å². The number of aryl methyl sites for hydroxylation is 1. The van der Waals surface area contributed by atoms with E-state index >= 15 is 0 Å². The molecule has 40 nitrogen and oxygen atoms in total. The number of nitrogens with two attached hydrogens (primary N) is 3. The zero-order valence-electron chi connectivity index (χ0n) is 41.7. The first-order valence-corrected chi connectivity index (χ1v) is 29.4. The number of hydrogen-bond acceptors (Lipinski definition) is 29. The van der Waals surface area contributed by atoms with Crippen LogP contribution in [0.3, 0.4) is 0 Å². The Hall–Kier alpha value is -5.61. The Morgan fingerprint density at radius 1 is 0.667 bits per heavy atom. The van der Waals surface area contributed by atoms with Crippen LogP contribution in [0.1, 0.15) is 25.1 Å². The molecule has 444 valence electrons. The number of nitrogens with zero attached hydrogens (tertiary/aromatic N) is 9. The Labute approximate surface area is 450 Å². The molecule has 16 atom stereocenters. The predicted molar refractivity (Wildman–Crippen MR) is 265 cm³/mol. The third-order valence-electron chi connectivity index (χ3n) is 12.6. The van der Waals surface area contributed by atoms with E-state index in [1.165, 1.54) is 28.6 Å². The van der Waals surface area contributed by atoms with Crippen molar-refractivity contribution in [3.8, 4) is 0 Å². The molecule has 0 amide bonds. The number of methoxy groups -OCH3 is 1. The van der Waals surface area contributed by atoms with Gasteiger partial charge in [-0.15, -0.1) is 6.58 Å². The van der Waals surface area contributed by atoms with Gasteiger partial charge in [0.2, 0.25) is 30.4 Å². The second kappa shape index (κ2) is 23.2. The first-order valence-electron chi connectivity index (χ1n) is 23.4. The highest BCUT2D eigenvalue weighted by Crippen LogP contribution is 2.68. The standard InChI is InChI=1S/C37H51N15O25P4/c1-4-6-68-7-5-14-15(72-32(21(14)53)52-13-49(2)20-28(52)45-37(40)48-31(20)58)8-70-79(61,62)76-81(65,66)77-80(63,64)71-10-17-24(25(67-3)34(74-17)51-12-42-19-27(51)44-36(39)47-30(19)57)75-78(59,60)69-9-16-22(54)23(55)33(73-16)50-11-41-18-26(50)43-35(38)46-29(18)56/h4,11-17,21-25,32-34,53-55H,1,5-10H2,2-3H3,(H12-,38,39,40,43,44,45,46,47,48,56,57,58,59,60,61,62,63,64,65,66)/p+1/t14-,15-,16-,17-,21-,22-,23-,24-,25-,32?,33-,34-/m1/s1. The van der Waals surface area contributed by atoms with E-state index < -0.39 is 147 Å². The lowest BCUT2D eigenvalue weighted by atomic mass is 9.95. The maximum atomic E-state index is 13.8. The van der Waals surface area contributed by atoms with Gasteiger partial charge in [0.1, 0.15) is 42.7 Å². The van der Waals surface area contributed by atoms with Gasteiger partial charge in [-0.2, -0.15) is 28.1 Å². The highest BCUT2D eigenvalue weighted by atomic mass is 31.3. The molecule has 6 aromatic rings. The van der Waals surface area contributed by atoms with Gasteiger partial charge in [0, 0.05) is 19.6 Å². The molecule has 16 N–H and O–H groups in total. The molecule has 3 saturated heterocycles. The third-order valence-corrected chi connectivity index (χ3v) is 17.9. The summed E-state index contributed by atoms with van der Waals surface area (Å²) in [5, 5.41) is 33.3. The van der Waals surface area contributed by atoms with Gasteiger partial charge in [0.15, 0.2) is 34.8 Å². The molecule has 3 aliphatic rings. The van der Waals surface area contributed by atoms with Gasteiger partial charge in [-0.3, -0.25) is 56.6 Å². The number of anilines is 3. The van der Waals surface area contributed by atoms with Gasteiger partial charge in [0.05, 0.1) is 52.2 Å². The second-order valence-corrected chi connectivity index (χ2v) is 24.0. The minimum atomic E-state index is -6.23. The normalized spacial score (nSPS) is 29.0. The molecule has 3 aliphatic heterocycles. The van der Waals surface area contributed by atoms with Crippen molar-refractivity contribution in [3.63, 3.8) is 0 Å². The van der Waals surface area contributed by atoms with E-state index in [2.05, 4.69) is 55.1 Å². The van der Waals surface area contributed by atoms with Crippen LogP contribution in [0, 0.1) is 5.92 Å². The zero-order valence-corrected chi connectivity index (χ0v) is 45.3. The summed E-state index contributed by atoms with van der Waals surface area (Å²) >= 11 is 0. The number of aliphatic hydroxyl groups excluding tert-OH is 3. The van der Waals surface area contributed by atoms with Gasteiger partial charge in [-0.25, -0.2) is 32.8 Å². The molecule has 9 rings (SSSR count). The van der Waals surface area contributed by atoms with Crippen LogP contribution in [0.4, 0.5) is 17.8 Å². The lowest BCUT2D eigenvalue weighted by Crippen LogP contribution is -2.38. The Kier molecular flexibility index (Phi) is 17.2. The number of fused-ring (bicyclic) bond motifs is 3. The highest BCUT2D eigenvalue weighted by Gasteiger charge is 2.54. The maximum absolute atomic E-state index is 13.8. The van der Waals surface area contributed by atoms with Gasteiger partial charge in [-0.1, -0.05) is 6.08 Å². The van der Waals surface area contributed by atoms with E-state index in [0.29, 0.717) is 0 Å². The van der Waals surface area contributed by atoms with Crippen LogP contribution < -0.4 is 38.4 Å². The van der Waals surface area contributed by atoms with Gasteiger partial charge in [-0.05, 0) is 6.42 Å². The Bertz CT molecular complexity index is 3720. The summed E-state index contributed by atoms with van der Waals surface area (Å²) in [5.74, 6) is -1.98. The molecule has 0 radical (unpaired) electrons. The Balaban J connectivity index is 0.881. The number of rotatable bonds is 24. The molecule has 5 unspecified atom stereocenters. The Morgan fingerprint density at radius 3 is 1.74 bits per heavy atom. The molecule has 3 fully saturated rings. The summed E-state index contributed by atoms with van der Waals surface area (Å²) in [5.41, 5.74) is 14.1. The molecule has 0 aliphatic carbocycles. The summed E-state index contributed by atoms with van der Waals surface area (Å²) in [6, 6.07) is 0. The third kappa shape index (κ3) is 12.7. The molecule has 44 heteroatoms. The minimum absolute atomic E-state index is 0.0109. The van der Waals surface area contributed by atoms with Crippen LogP contribution >= 0.6 is 31.3 Å². The zero-order chi connectivity index (χ0) is 58.7. The van der Waals surface area contributed by atoms with Crippen molar-refractivity contribution in [2.24, 2.45) is 13.0 Å².